The fourth-order valence-corrected chi connectivity index (χ4v) is 3.19. The molecule has 0 radical (unpaired) electrons. The van der Waals surface area contributed by atoms with Crippen molar-refractivity contribution in [1.29, 1.82) is 0 Å². The predicted octanol–water partition coefficient (Wildman–Crippen LogP) is 3.90. The minimum absolute atomic E-state index is 0.0280. The van der Waals surface area contributed by atoms with Crippen molar-refractivity contribution in [3.05, 3.63) is 17.0 Å². The molecular formula is C12H20O3S2. The van der Waals surface area contributed by atoms with Crippen LogP contribution in [0.3, 0.4) is 0 Å². The Hall–Kier alpha value is -0.0700. The molecule has 0 N–H and O–H groups in total. The van der Waals surface area contributed by atoms with E-state index >= 15 is 0 Å². The molecule has 2 atom stereocenters. The van der Waals surface area contributed by atoms with Gasteiger partial charge in [0.2, 0.25) is 0 Å². The van der Waals surface area contributed by atoms with Gasteiger partial charge in [0, 0.05) is 19.3 Å². The van der Waals surface area contributed by atoms with Gasteiger partial charge >= 0.3 is 0 Å². The summed E-state index contributed by atoms with van der Waals surface area (Å²) < 4.78 is 17.6. The first kappa shape index (κ1) is 15.0. The monoisotopic (exact) mass is 276 g/mol. The molecule has 0 bridgehead atoms. The molecule has 5 heteroatoms. The summed E-state index contributed by atoms with van der Waals surface area (Å²) in [4.78, 5) is 0. The molecule has 0 aliphatic carbocycles. The molecule has 1 aromatic heterocycles. The van der Waals surface area contributed by atoms with Crippen LogP contribution >= 0.6 is 23.1 Å². The number of methoxy groups -OCH3 is 1. The Bertz CT molecular complexity index is 314. The molecule has 0 aliphatic heterocycles. The molecule has 17 heavy (non-hydrogen) atoms. The highest BCUT2D eigenvalue weighted by molar-refractivity contribution is 8.00. The van der Waals surface area contributed by atoms with E-state index < -0.39 is 6.48 Å². The maximum atomic E-state index is 5.83. The average molecular weight is 276 g/mol. The third-order valence-corrected chi connectivity index (χ3v) is 4.45. The first-order chi connectivity index (χ1) is 8.26. The summed E-state index contributed by atoms with van der Waals surface area (Å²) >= 11 is 3.49. The molecule has 3 nitrogen and oxygen atoms in total. The van der Waals surface area contributed by atoms with E-state index in [1.165, 1.54) is 9.77 Å². The van der Waals surface area contributed by atoms with Crippen LogP contribution < -0.4 is 0 Å². The lowest BCUT2D eigenvalue weighted by Crippen LogP contribution is -2.22. The highest BCUT2D eigenvalue weighted by Gasteiger charge is 2.20. The van der Waals surface area contributed by atoms with Crippen molar-refractivity contribution in [1.82, 2.24) is 0 Å². The van der Waals surface area contributed by atoms with E-state index in [4.69, 9.17) is 14.2 Å². The molecule has 1 rings (SSSR count). The Kier molecular flexibility index (Phi) is 7.15. The Morgan fingerprint density at radius 2 is 2.18 bits per heavy atom. The Morgan fingerprint density at radius 3 is 2.71 bits per heavy atom. The summed E-state index contributed by atoms with van der Waals surface area (Å²) in [5.74, 6) is 0. The van der Waals surface area contributed by atoms with Gasteiger partial charge < -0.3 is 14.2 Å². The van der Waals surface area contributed by atoms with E-state index in [0.29, 0.717) is 6.61 Å². The van der Waals surface area contributed by atoms with Gasteiger partial charge in [0.05, 0.1) is 10.3 Å². The van der Waals surface area contributed by atoms with Crippen molar-refractivity contribution >= 4 is 23.1 Å². The minimum Gasteiger partial charge on any atom is -0.333 e. The van der Waals surface area contributed by atoms with Crippen molar-refractivity contribution in [3.63, 3.8) is 0 Å². The molecule has 0 saturated carbocycles. The topological polar surface area (TPSA) is 27.7 Å². The number of hydrogen-bond acceptors (Lipinski definition) is 5. The number of hydrogen-bond donors (Lipinski definition) is 0. The molecule has 0 amide bonds. The van der Waals surface area contributed by atoms with Crippen LogP contribution in [0.4, 0.5) is 0 Å². The quantitative estimate of drug-likeness (QED) is 0.531. The standard InChI is InChI=1S/C12H20O3S2/c1-5-10(15-12(13-3)14-6-2)9-7-8-17-11(9)16-4/h7-8,10,12H,5-6H2,1-4H3. The van der Waals surface area contributed by atoms with E-state index in [-0.39, 0.29) is 6.10 Å². The van der Waals surface area contributed by atoms with Crippen LogP contribution in [-0.2, 0) is 14.2 Å². The SMILES string of the molecule is CCOC(OC)OC(CC)c1ccsc1SC. The molecule has 0 aromatic carbocycles. The van der Waals surface area contributed by atoms with Crippen LogP contribution in [0, 0.1) is 0 Å². The second-order valence-corrected chi connectivity index (χ2v) is 5.37. The van der Waals surface area contributed by atoms with E-state index in [0.717, 1.165) is 6.42 Å². The second-order valence-electron chi connectivity index (χ2n) is 3.38. The van der Waals surface area contributed by atoms with Crippen molar-refractivity contribution in [3.8, 4) is 0 Å². The van der Waals surface area contributed by atoms with Gasteiger partial charge in [-0.05, 0) is 31.0 Å². The third kappa shape index (κ3) is 4.26. The molecule has 0 aliphatic rings. The van der Waals surface area contributed by atoms with Crippen molar-refractivity contribution in [2.45, 2.75) is 37.1 Å². The van der Waals surface area contributed by atoms with Gasteiger partial charge in [-0.15, -0.1) is 23.1 Å². The summed E-state index contributed by atoms with van der Waals surface area (Å²) in [5, 5.41) is 2.09. The van der Waals surface area contributed by atoms with E-state index in [1.807, 2.05) is 6.92 Å². The van der Waals surface area contributed by atoms with Gasteiger partial charge in [-0.2, -0.15) is 0 Å². The number of rotatable bonds is 8. The Morgan fingerprint density at radius 1 is 1.41 bits per heavy atom. The van der Waals surface area contributed by atoms with Crippen LogP contribution in [0.25, 0.3) is 0 Å². The highest BCUT2D eigenvalue weighted by atomic mass is 32.2. The van der Waals surface area contributed by atoms with Gasteiger partial charge in [0.15, 0.2) is 0 Å². The molecular weight excluding hydrogens is 256 g/mol. The van der Waals surface area contributed by atoms with Crippen LogP contribution in [-0.4, -0.2) is 26.4 Å². The molecule has 98 valence electrons. The summed E-state index contributed by atoms with van der Waals surface area (Å²) in [6.45, 7) is 4.02. The molecule has 0 fully saturated rings. The van der Waals surface area contributed by atoms with Gasteiger partial charge in [-0.1, -0.05) is 6.92 Å². The van der Waals surface area contributed by atoms with Crippen molar-refractivity contribution < 1.29 is 14.2 Å². The van der Waals surface area contributed by atoms with Gasteiger partial charge in [-0.3, -0.25) is 0 Å². The predicted molar refractivity (Wildman–Crippen MR) is 72.6 cm³/mol. The zero-order valence-electron chi connectivity index (χ0n) is 10.8. The fourth-order valence-electron chi connectivity index (χ4n) is 1.53. The molecule has 2 unspecified atom stereocenters. The smallest absolute Gasteiger partial charge is 0.271 e. The Labute approximate surface area is 111 Å². The van der Waals surface area contributed by atoms with E-state index in [1.54, 1.807) is 30.2 Å². The van der Waals surface area contributed by atoms with Gasteiger partial charge in [0.1, 0.15) is 0 Å². The third-order valence-electron chi connectivity index (χ3n) is 2.33. The van der Waals surface area contributed by atoms with Crippen molar-refractivity contribution in [2.24, 2.45) is 0 Å². The van der Waals surface area contributed by atoms with Crippen molar-refractivity contribution in [2.75, 3.05) is 20.0 Å². The maximum Gasteiger partial charge on any atom is 0.271 e. The van der Waals surface area contributed by atoms with Crippen LogP contribution in [0.1, 0.15) is 31.9 Å². The lowest BCUT2D eigenvalue weighted by atomic mass is 10.1. The minimum atomic E-state index is -0.584. The molecule has 0 spiro atoms. The zero-order chi connectivity index (χ0) is 12.7. The first-order valence-corrected chi connectivity index (χ1v) is 7.78. The normalized spacial score (nSPS) is 14.8. The van der Waals surface area contributed by atoms with Gasteiger partial charge in [0.25, 0.3) is 6.48 Å². The zero-order valence-corrected chi connectivity index (χ0v) is 12.4. The summed E-state index contributed by atoms with van der Waals surface area (Å²) in [7, 11) is 1.59. The summed E-state index contributed by atoms with van der Waals surface area (Å²) in [6.07, 6.45) is 3.01. The van der Waals surface area contributed by atoms with E-state index in [2.05, 4.69) is 24.6 Å². The highest BCUT2D eigenvalue weighted by Crippen LogP contribution is 2.35. The Balaban J connectivity index is 2.70. The summed E-state index contributed by atoms with van der Waals surface area (Å²) in [6, 6.07) is 2.11. The number of thioether (sulfide) groups is 1. The molecule has 0 saturated heterocycles. The molecule has 1 aromatic rings. The van der Waals surface area contributed by atoms with Crippen LogP contribution in [0.5, 0.6) is 0 Å². The van der Waals surface area contributed by atoms with Gasteiger partial charge in [-0.25, -0.2) is 0 Å². The number of thiophene rings is 1. The fraction of sp³-hybridized carbons (Fsp3) is 0.667. The van der Waals surface area contributed by atoms with Crippen LogP contribution in [0.15, 0.2) is 15.7 Å². The summed E-state index contributed by atoms with van der Waals surface area (Å²) in [5.41, 5.74) is 1.23. The van der Waals surface area contributed by atoms with E-state index in [9.17, 15) is 0 Å². The number of ether oxygens (including phenoxy) is 3. The lowest BCUT2D eigenvalue weighted by molar-refractivity contribution is -0.295. The lowest BCUT2D eigenvalue weighted by Gasteiger charge is -2.22. The molecule has 1 heterocycles. The largest absolute Gasteiger partial charge is 0.333 e. The second kappa shape index (κ2) is 8.11. The maximum absolute atomic E-state index is 5.83. The van der Waals surface area contributed by atoms with Crippen LogP contribution in [0.2, 0.25) is 0 Å². The average Bonchev–Trinajstić information content (AvgIpc) is 2.82. The first-order valence-electron chi connectivity index (χ1n) is 5.68.